The van der Waals surface area contributed by atoms with Crippen LogP contribution in [0.2, 0.25) is 5.02 Å². The molecule has 0 atom stereocenters. The van der Waals surface area contributed by atoms with Crippen molar-refractivity contribution in [2.24, 2.45) is 7.05 Å². The fraction of sp³-hybridized carbons (Fsp3) is 0.214. The number of nitrogens with zero attached hydrogens (tertiary/aromatic N) is 3. The van der Waals surface area contributed by atoms with Crippen molar-refractivity contribution in [3.63, 3.8) is 0 Å². The Kier molecular flexibility index (Phi) is 3.62. The van der Waals surface area contributed by atoms with Crippen LogP contribution in [0, 0.1) is 0 Å². The Morgan fingerprint density at radius 1 is 1.48 bits per heavy atom. The van der Waals surface area contributed by atoms with Crippen LogP contribution in [0.4, 0.5) is 0 Å². The van der Waals surface area contributed by atoms with Crippen LogP contribution >= 0.6 is 11.6 Å². The molecule has 7 heteroatoms. The van der Waals surface area contributed by atoms with Crippen molar-refractivity contribution in [2.45, 2.75) is 6.42 Å². The lowest BCUT2D eigenvalue weighted by atomic mass is 10.2. The van der Waals surface area contributed by atoms with Gasteiger partial charge in [0.25, 0.3) is 5.91 Å². The van der Waals surface area contributed by atoms with Crippen molar-refractivity contribution in [3.05, 3.63) is 46.9 Å². The molecule has 6 nitrogen and oxygen atoms in total. The standard InChI is InChI=1S/C14H14ClN5O/c1-20-12-4-2-3-11(15)10(12)7-13(20)14(21)16-6-5-9-8-17-19-18-9/h2-4,7-8H,5-6H2,1H3,(H,16,21)(H,17,18,19). The number of aryl methyl sites for hydroxylation is 1. The summed E-state index contributed by atoms with van der Waals surface area (Å²) in [5.74, 6) is -0.131. The highest BCUT2D eigenvalue weighted by Gasteiger charge is 2.14. The summed E-state index contributed by atoms with van der Waals surface area (Å²) in [6.45, 7) is 0.501. The van der Waals surface area contributed by atoms with Crippen molar-refractivity contribution in [3.8, 4) is 0 Å². The van der Waals surface area contributed by atoms with Crippen LogP contribution in [0.5, 0.6) is 0 Å². The molecule has 3 aromatic rings. The monoisotopic (exact) mass is 303 g/mol. The van der Waals surface area contributed by atoms with E-state index in [-0.39, 0.29) is 5.91 Å². The summed E-state index contributed by atoms with van der Waals surface area (Å²) in [6.07, 6.45) is 2.27. The Labute approximate surface area is 126 Å². The number of aromatic nitrogens is 4. The largest absolute Gasteiger partial charge is 0.350 e. The van der Waals surface area contributed by atoms with Crippen LogP contribution in [-0.4, -0.2) is 32.4 Å². The van der Waals surface area contributed by atoms with E-state index in [2.05, 4.69) is 20.7 Å². The second-order valence-electron chi connectivity index (χ2n) is 4.73. The van der Waals surface area contributed by atoms with Gasteiger partial charge in [-0.15, -0.1) is 0 Å². The zero-order chi connectivity index (χ0) is 14.8. The number of halogens is 1. The fourth-order valence-corrected chi connectivity index (χ4v) is 2.51. The summed E-state index contributed by atoms with van der Waals surface area (Å²) in [5.41, 5.74) is 2.33. The van der Waals surface area contributed by atoms with Crippen LogP contribution in [-0.2, 0) is 13.5 Å². The summed E-state index contributed by atoms with van der Waals surface area (Å²) in [4.78, 5) is 12.3. The average molecular weight is 304 g/mol. The van der Waals surface area contributed by atoms with Gasteiger partial charge in [0.2, 0.25) is 0 Å². The maximum atomic E-state index is 12.3. The number of hydrogen-bond donors (Lipinski definition) is 2. The van der Waals surface area contributed by atoms with E-state index in [1.165, 1.54) is 0 Å². The Morgan fingerprint density at radius 3 is 3.05 bits per heavy atom. The van der Waals surface area contributed by atoms with E-state index in [1.807, 2.05) is 35.9 Å². The van der Waals surface area contributed by atoms with Gasteiger partial charge in [0.1, 0.15) is 5.69 Å². The molecule has 1 aromatic carbocycles. The predicted molar refractivity (Wildman–Crippen MR) is 80.3 cm³/mol. The first kappa shape index (κ1) is 13.6. The molecule has 0 saturated heterocycles. The Morgan fingerprint density at radius 2 is 2.33 bits per heavy atom. The molecule has 0 saturated carbocycles. The van der Waals surface area contributed by atoms with Gasteiger partial charge in [0, 0.05) is 35.9 Å². The molecule has 2 aromatic heterocycles. The van der Waals surface area contributed by atoms with Crippen LogP contribution in [0.1, 0.15) is 16.2 Å². The van der Waals surface area contributed by atoms with Crippen molar-refractivity contribution in [1.82, 2.24) is 25.3 Å². The predicted octanol–water partition coefficient (Wildman–Crippen LogP) is 1.92. The zero-order valence-corrected chi connectivity index (χ0v) is 12.2. The molecule has 0 radical (unpaired) electrons. The smallest absolute Gasteiger partial charge is 0.267 e. The number of carbonyl (C=O) groups excluding carboxylic acids is 1. The number of hydrogen-bond acceptors (Lipinski definition) is 3. The SMILES string of the molecule is Cn1c(C(=O)NCCc2cn[nH]n2)cc2c(Cl)cccc21. The van der Waals surface area contributed by atoms with Crippen LogP contribution in [0.3, 0.4) is 0 Å². The van der Waals surface area contributed by atoms with E-state index < -0.39 is 0 Å². The van der Waals surface area contributed by atoms with Gasteiger partial charge >= 0.3 is 0 Å². The molecule has 0 bridgehead atoms. The molecule has 1 amide bonds. The van der Waals surface area contributed by atoms with Crippen molar-refractivity contribution in [2.75, 3.05) is 6.54 Å². The number of rotatable bonds is 4. The minimum absolute atomic E-state index is 0.131. The van der Waals surface area contributed by atoms with E-state index in [1.54, 1.807) is 6.20 Å². The number of nitrogens with one attached hydrogen (secondary N) is 2. The maximum Gasteiger partial charge on any atom is 0.267 e. The molecule has 2 N–H and O–H groups in total. The highest BCUT2D eigenvalue weighted by atomic mass is 35.5. The van der Waals surface area contributed by atoms with E-state index in [0.717, 1.165) is 16.6 Å². The summed E-state index contributed by atoms with van der Waals surface area (Å²) >= 11 is 6.16. The van der Waals surface area contributed by atoms with Gasteiger partial charge in [0.15, 0.2) is 0 Å². The third-order valence-corrected chi connectivity index (χ3v) is 3.73. The summed E-state index contributed by atoms with van der Waals surface area (Å²) in [6, 6.07) is 7.43. The first-order valence-corrected chi connectivity index (χ1v) is 6.91. The molecular formula is C14H14ClN5O. The normalized spacial score (nSPS) is 11.0. The van der Waals surface area contributed by atoms with E-state index in [4.69, 9.17) is 11.6 Å². The molecule has 108 valence electrons. The van der Waals surface area contributed by atoms with Crippen LogP contribution < -0.4 is 5.32 Å². The van der Waals surface area contributed by atoms with Crippen LogP contribution in [0.15, 0.2) is 30.5 Å². The molecule has 3 rings (SSSR count). The Bertz CT molecular complexity index is 778. The minimum Gasteiger partial charge on any atom is -0.350 e. The Balaban J connectivity index is 1.75. The molecule has 0 aliphatic carbocycles. The first-order chi connectivity index (χ1) is 10.2. The van der Waals surface area contributed by atoms with Crippen molar-refractivity contribution >= 4 is 28.4 Å². The van der Waals surface area contributed by atoms with Gasteiger partial charge in [-0.1, -0.05) is 17.7 Å². The minimum atomic E-state index is -0.131. The van der Waals surface area contributed by atoms with E-state index in [0.29, 0.717) is 23.7 Å². The second-order valence-corrected chi connectivity index (χ2v) is 5.14. The first-order valence-electron chi connectivity index (χ1n) is 6.53. The lowest BCUT2D eigenvalue weighted by molar-refractivity contribution is 0.0946. The number of benzene rings is 1. The molecule has 21 heavy (non-hydrogen) atoms. The van der Waals surface area contributed by atoms with Crippen LogP contribution in [0.25, 0.3) is 10.9 Å². The summed E-state index contributed by atoms with van der Waals surface area (Å²) < 4.78 is 1.84. The van der Waals surface area contributed by atoms with Gasteiger partial charge in [-0.2, -0.15) is 15.4 Å². The maximum absolute atomic E-state index is 12.3. The summed E-state index contributed by atoms with van der Waals surface area (Å²) in [7, 11) is 1.85. The van der Waals surface area contributed by atoms with E-state index in [9.17, 15) is 4.79 Å². The second kappa shape index (κ2) is 5.57. The van der Waals surface area contributed by atoms with Gasteiger partial charge in [-0.05, 0) is 18.2 Å². The molecule has 2 heterocycles. The lowest BCUT2D eigenvalue weighted by Gasteiger charge is -2.05. The van der Waals surface area contributed by atoms with Gasteiger partial charge < -0.3 is 9.88 Å². The van der Waals surface area contributed by atoms with Gasteiger partial charge in [-0.25, -0.2) is 0 Å². The molecule has 0 aliphatic rings. The lowest BCUT2D eigenvalue weighted by Crippen LogP contribution is -2.27. The van der Waals surface area contributed by atoms with Crippen molar-refractivity contribution in [1.29, 1.82) is 0 Å². The average Bonchev–Trinajstić information content (AvgIpc) is 3.08. The molecule has 0 aliphatic heterocycles. The topological polar surface area (TPSA) is 75.6 Å². The molecular weight excluding hydrogens is 290 g/mol. The quantitative estimate of drug-likeness (QED) is 0.773. The summed E-state index contributed by atoms with van der Waals surface area (Å²) in [5, 5.41) is 14.6. The van der Waals surface area contributed by atoms with Gasteiger partial charge in [-0.3, -0.25) is 4.79 Å². The highest BCUT2D eigenvalue weighted by Crippen LogP contribution is 2.26. The molecule has 0 fully saturated rings. The Hall–Kier alpha value is -2.34. The number of aromatic amines is 1. The fourth-order valence-electron chi connectivity index (χ4n) is 2.28. The highest BCUT2D eigenvalue weighted by molar-refractivity contribution is 6.35. The van der Waals surface area contributed by atoms with Crippen molar-refractivity contribution < 1.29 is 4.79 Å². The third-order valence-electron chi connectivity index (χ3n) is 3.40. The van der Waals surface area contributed by atoms with E-state index >= 15 is 0 Å². The number of amides is 1. The molecule has 0 unspecified atom stereocenters. The number of carbonyl (C=O) groups is 1. The molecule has 0 spiro atoms. The number of fused-ring (bicyclic) bond motifs is 1. The third kappa shape index (κ3) is 2.62. The van der Waals surface area contributed by atoms with Gasteiger partial charge in [0.05, 0.1) is 11.9 Å². The zero-order valence-electron chi connectivity index (χ0n) is 11.4. The number of H-pyrrole nitrogens is 1.